The van der Waals surface area contributed by atoms with E-state index in [1.807, 2.05) is 0 Å². The van der Waals surface area contributed by atoms with Crippen molar-refractivity contribution in [3.8, 4) is 0 Å². The van der Waals surface area contributed by atoms with Crippen LogP contribution in [0.25, 0.3) is 0 Å². The first-order valence-electron chi connectivity index (χ1n) is 4.73. The Morgan fingerprint density at radius 3 is 1.88 bits per heavy atom. The monoisotopic (exact) mass is 268 g/mol. The molecule has 0 aromatic heterocycles. The van der Waals surface area contributed by atoms with E-state index in [2.05, 4.69) is 0 Å². The summed E-state index contributed by atoms with van der Waals surface area (Å²) in [4.78, 5) is -1.35. The highest BCUT2D eigenvalue weighted by molar-refractivity contribution is 7.85. The third kappa shape index (κ3) is 2.30. The van der Waals surface area contributed by atoms with Gasteiger partial charge in [-0.1, -0.05) is 13.8 Å². The molecule has 0 bridgehead atoms. The second-order valence-corrected chi connectivity index (χ2v) is 5.30. The van der Waals surface area contributed by atoms with Gasteiger partial charge in [0.1, 0.15) is 10.7 Å². The highest BCUT2D eigenvalue weighted by Crippen LogP contribution is 2.31. The fourth-order valence-corrected chi connectivity index (χ4v) is 2.39. The van der Waals surface area contributed by atoms with Crippen LogP contribution in [0.3, 0.4) is 0 Å². The molecule has 1 aromatic carbocycles. The Hall–Kier alpha value is -1.08. The molecule has 0 atom stereocenters. The van der Waals surface area contributed by atoms with Crippen molar-refractivity contribution in [1.82, 2.24) is 0 Å². The molecule has 7 heteroatoms. The predicted molar refractivity (Wildman–Crippen MR) is 55.0 cm³/mol. The van der Waals surface area contributed by atoms with E-state index in [0.717, 1.165) is 6.92 Å². The summed E-state index contributed by atoms with van der Waals surface area (Å²) >= 11 is 0. The van der Waals surface area contributed by atoms with E-state index in [0.29, 0.717) is 0 Å². The van der Waals surface area contributed by atoms with Crippen molar-refractivity contribution in [2.75, 3.05) is 0 Å². The van der Waals surface area contributed by atoms with Gasteiger partial charge in [-0.05, 0) is 12.8 Å². The Kier molecular flexibility index (Phi) is 3.54. The van der Waals surface area contributed by atoms with Crippen molar-refractivity contribution in [2.45, 2.75) is 31.6 Å². The fraction of sp³-hybridized carbons (Fsp3) is 0.400. The zero-order chi connectivity index (χ0) is 13.5. The minimum atomic E-state index is -5.01. The molecule has 1 N–H and O–H groups in total. The number of benzene rings is 1. The van der Waals surface area contributed by atoms with Crippen LogP contribution in [-0.2, 0) is 10.1 Å². The number of hydrogen-bond acceptors (Lipinski definition) is 2. The van der Waals surface area contributed by atoms with Crippen LogP contribution < -0.4 is 0 Å². The van der Waals surface area contributed by atoms with Crippen molar-refractivity contribution in [3.63, 3.8) is 0 Å². The van der Waals surface area contributed by atoms with E-state index in [-0.39, 0.29) is 0 Å². The Balaban J connectivity index is 3.84. The Labute approximate surface area is 97.0 Å². The summed E-state index contributed by atoms with van der Waals surface area (Å²) in [6.07, 6.45) is 0. The molecule has 0 fully saturated rings. The van der Waals surface area contributed by atoms with Crippen LogP contribution in [0.1, 0.15) is 30.9 Å². The van der Waals surface area contributed by atoms with Gasteiger partial charge in [-0.2, -0.15) is 8.42 Å². The SMILES string of the molecule is Cc1c(F)c(C(C)C)c(F)c(F)c1S(=O)(=O)O. The first-order valence-corrected chi connectivity index (χ1v) is 6.17. The molecule has 0 saturated carbocycles. The molecule has 1 rings (SSSR count). The first-order chi connectivity index (χ1) is 7.59. The van der Waals surface area contributed by atoms with E-state index >= 15 is 0 Å². The average molecular weight is 268 g/mol. The lowest BCUT2D eigenvalue weighted by Crippen LogP contribution is -2.12. The molecule has 17 heavy (non-hydrogen) atoms. The van der Waals surface area contributed by atoms with Gasteiger partial charge >= 0.3 is 0 Å². The minimum absolute atomic E-state index is 0.535. The van der Waals surface area contributed by atoms with Gasteiger partial charge < -0.3 is 0 Å². The lowest BCUT2D eigenvalue weighted by Gasteiger charge is -2.14. The lowest BCUT2D eigenvalue weighted by atomic mass is 9.99. The molecule has 0 radical (unpaired) electrons. The molecular formula is C10H11F3O3S. The van der Waals surface area contributed by atoms with Gasteiger partial charge in [0.25, 0.3) is 10.1 Å². The topological polar surface area (TPSA) is 54.4 Å². The third-order valence-corrected chi connectivity index (χ3v) is 3.37. The normalized spacial score (nSPS) is 12.2. The number of halogens is 3. The summed E-state index contributed by atoms with van der Waals surface area (Å²) in [6.45, 7) is 3.84. The van der Waals surface area contributed by atoms with E-state index in [9.17, 15) is 21.6 Å². The Morgan fingerprint density at radius 1 is 1.06 bits per heavy atom. The van der Waals surface area contributed by atoms with Crippen LogP contribution in [0.15, 0.2) is 4.90 Å². The predicted octanol–water partition coefficient (Wildman–Crippen LogP) is 2.78. The second kappa shape index (κ2) is 4.30. The molecule has 0 spiro atoms. The third-order valence-electron chi connectivity index (χ3n) is 2.37. The maximum atomic E-state index is 13.7. The van der Waals surface area contributed by atoms with E-state index < -0.39 is 49.5 Å². The van der Waals surface area contributed by atoms with Crippen molar-refractivity contribution in [1.29, 1.82) is 0 Å². The summed E-state index contributed by atoms with van der Waals surface area (Å²) in [7, 11) is -5.01. The summed E-state index contributed by atoms with van der Waals surface area (Å²) in [6, 6.07) is 0. The van der Waals surface area contributed by atoms with Crippen molar-refractivity contribution in [2.24, 2.45) is 0 Å². The summed E-state index contributed by atoms with van der Waals surface area (Å²) in [5.41, 5.74) is -1.16. The molecule has 96 valence electrons. The zero-order valence-corrected chi connectivity index (χ0v) is 10.2. The molecule has 0 unspecified atom stereocenters. The van der Waals surface area contributed by atoms with Gasteiger partial charge in [-0.15, -0.1) is 0 Å². The lowest BCUT2D eigenvalue weighted by molar-refractivity contribution is 0.430. The van der Waals surface area contributed by atoms with Crippen LogP contribution in [0.5, 0.6) is 0 Å². The van der Waals surface area contributed by atoms with Gasteiger partial charge in [0, 0.05) is 11.1 Å². The second-order valence-electron chi connectivity index (χ2n) is 3.94. The van der Waals surface area contributed by atoms with Crippen molar-refractivity contribution in [3.05, 3.63) is 28.6 Å². The molecular weight excluding hydrogens is 257 g/mol. The molecule has 3 nitrogen and oxygen atoms in total. The zero-order valence-electron chi connectivity index (χ0n) is 9.38. The maximum absolute atomic E-state index is 13.7. The Bertz CT molecular complexity index is 536. The molecule has 1 aromatic rings. The van der Waals surface area contributed by atoms with E-state index in [1.54, 1.807) is 0 Å². The van der Waals surface area contributed by atoms with Gasteiger partial charge in [-0.3, -0.25) is 4.55 Å². The number of rotatable bonds is 2. The molecule has 0 heterocycles. The smallest absolute Gasteiger partial charge is 0.282 e. The summed E-state index contributed by atoms with van der Waals surface area (Å²) < 4.78 is 71.1. The molecule has 0 aliphatic rings. The van der Waals surface area contributed by atoms with Gasteiger partial charge in [-0.25, -0.2) is 13.2 Å². The Morgan fingerprint density at radius 2 is 1.53 bits per heavy atom. The highest BCUT2D eigenvalue weighted by Gasteiger charge is 2.30. The van der Waals surface area contributed by atoms with Gasteiger partial charge in [0.05, 0.1) is 0 Å². The highest BCUT2D eigenvalue weighted by atomic mass is 32.2. The van der Waals surface area contributed by atoms with Crippen molar-refractivity contribution < 1.29 is 26.1 Å². The largest absolute Gasteiger partial charge is 0.297 e. The van der Waals surface area contributed by atoms with Gasteiger partial charge in [0.15, 0.2) is 11.6 Å². The molecule has 0 aliphatic heterocycles. The first kappa shape index (κ1) is 14.0. The quantitative estimate of drug-likeness (QED) is 0.663. The van der Waals surface area contributed by atoms with Gasteiger partial charge in [0.2, 0.25) is 0 Å². The summed E-state index contributed by atoms with van der Waals surface area (Å²) in [5, 5.41) is 0. The summed E-state index contributed by atoms with van der Waals surface area (Å²) in [5.74, 6) is -5.16. The minimum Gasteiger partial charge on any atom is -0.282 e. The average Bonchev–Trinajstić information content (AvgIpc) is 2.12. The molecule has 0 saturated heterocycles. The van der Waals surface area contributed by atoms with E-state index in [4.69, 9.17) is 4.55 Å². The van der Waals surface area contributed by atoms with E-state index in [1.165, 1.54) is 13.8 Å². The van der Waals surface area contributed by atoms with Crippen LogP contribution in [-0.4, -0.2) is 13.0 Å². The standard InChI is InChI=1S/C10H11F3O3S/c1-4(2)6-7(11)5(3)10(17(14,15)16)9(13)8(6)12/h4H,1-3H3,(H,14,15,16). The van der Waals surface area contributed by atoms with Crippen LogP contribution >= 0.6 is 0 Å². The maximum Gasteiger partial charge on any atom is 0.297 e. The fourth-order valence-electron chi connectivity index (χ4n) is 1.59. The molecule has 0 amide bonds. The number of hydrogen-bond donors (Lipinski definition) is 1. The van der Waals surface area contributed by atoms with Crippen LogP contribution in [0.2, 0.25) is 0 Å². The molecule has 0 aliphatic carbocycles. The van der Waals surface area contributed by atoms with Crippen molar-refractivity contribution >= 4 is 10.1 Å². The van der Waals surface area contributed by atoms with Crippen LogP contribution in [0, 0.1) is 24.4 Å². The van der Waals surface area contributed by atoms with Crippen LogP contribution in [0.4, 0.5) is 13.2 Å².